The van der Waals surface area contributed by atoms with E-state index in [2.05, 4.69) is 19.9 Å². The number of rotatable bonds is 1. The lowest BCUT2D eigenvalue weighted by Crippen LogP contribution is -2.52. The molecule has 0 saturated heterocycles. The van der Waals surface area contributed by atoms with Crippen LogP contribution in [0.4, 0.5) is 0 Å². The van der Waals surface area contributed by atoms with Crippen LogP contribution in [0.3, 0.4) is 0 Å². The molecular weight excluding hydrogens is 316 g/mol. The lowest BCUT2D eigenvalue weighted by molar-refractivity contribution is -0.155. The molecule has 4 nitrogen and oxygen atoms in total. The fourth-order valence-corrected chi connectivity index (χ4v) is 6.61. The Hall–Kier alpha value is -1.45. The van der Waals surface area contributed by atoms with Crippen molar-refractivity contribution in [3.8, 4) is 0 Å². The number of carbonyl (C=O) groups is 3. The summed E-state index contributed by atoms with van der Waals surface area (Å²) in [5, 5.41) is 0. The number of fused-ring (bicyclic) bond motifs is 5. The highest BCUT2D eigenvalue weighted by Gasteiger charge is 2.62. The predicted molar refractivity (Wildman–Crippen MR) is 92.7 cm³/mol. The van der Waals surface area contributed by atoms with E-state index in [1.165, 1.54) is 12.5 Å². The molecule has 0 amide bonds. The van der Waals surface area contributed by atoms with Crippen molar-refractivity contribution in [1.82, 2.24) is 0 Å². The van der Waals surface area contributed by atoms with E-state index in [0.29, 0.717) is 36.9 Å². The SMILES string of the molecule is CC(=O)O[C@H]1CC(=O)[C@@]2(C)CC[C@H]3[C@@H](CC=C4CC(=O)CC[C@@]43C)[C@H]12. The molecule has 4 aliphatic rings. The molecule has 0 N–H and O–H groups in total. The molecule has 0 spiro atoms. The van der Waals surface area contributed by atoms with E-state index in [4.69, 9.17) is 4.74 Å². The molecule has 0 aromatic rings. The summed E-state index contributed by atoms with van der Waals surface area (Å²) < 4.78 is 5.62. The largest absolute Gasteiger partial charge is 0.462 e. The molecule has 3 fully saturated rings. The number of carbonyl (C=O) groups excluding carboxylic acids is 3. The molecule has 4 heteroatoms. The Morgan fingerprint density at radius 2 is 1.96 bits per heavy atom. The highest BCUT2D eigenvalue weighted by Crippen LogP contribution is 2.64. The molecule has 0 aromatic carbocycles. The second kappa shape index (κ2) is 5.52. The van der Waals surface area contributed by atoms with E-state index in [0.717, 1.165) is 25.7 Å². The standard InChI is InChI=1S/C21H28O4/c1-12(22)25-17-11-18(24)21(3)9-7-16-15(19(17)21)5-4-13-10-14(23)6-8-20(13,16)2/h4,15-17,19H,5-11H2,1-3H3/t15-,16+,17+,19-,20+,21-/m1/s1. The van der Waals surface area contributed by atoms with Crippen molar-refractivity contribution < 1.29 is 19.1 Å². The summed E-state index contributed by atoms with van der Waals surface area (Å²) in [4.78, 5) is 36.3. The van der Waals surface area contributed by atoms with Gasteiger partial charge in [-0.1, -0.05) is 25.5 Å². The maximum absolute atomic E-state index is 12.8. The van der Waals surface area contributed by atoms with E-state index in [1.807, 2.05) is 0 Å². The number of esters is 1. The Balaban J connectivity index is 1.71. The average Bonchev–Trinajstić information content (AvgIpc) is 2.78. The Labute approximate surface area is 149 Å². The second-order valence-corrected chi connectivity index (χ2v) is 9.13. The number of Topliss-reactive ketones (excluding diaryl/α,β-unsaturated/α-hetero) is 2. The summed E-state index contributed by atoms with van der Waals surface area (Å²) in [7, 11) is 0. The minimum absolute atomic E-state index is 0.0740. The van der Waals surface area contributed by atoms with Crippen LogP contribution in [-0.2, 0) is 19.1 Å². The van der Waals surface area contributed by atoms with Gasteiger partial charge in [0.1, 0.15) is 17.7 Å². The van der Waals surface area contributed by atoms with E-state index in [1.54, 1.807) is 0 Å². The summed E-state index contributed by atoms with van der Waals surface area (Å²) in [5.41, 5.74) is 1.04. The molecule has 0 aliphatic heterocycles. The van der Waals surface area contributed by atoms with Crippen LogP contribution < -0.4 is 0 Å². The maximum atomic E-state index is 12.8. The first-order valence-corrected chi connectivity index (χ1v) is 9.67. The second-order valence-electron chi connectivity index (χ2n) is 9.13. The van der Waals surface area contributed by atoms with Crippen LogP contribution in [-0.4, -0.2) is 23.6 Å². The van der Waals surface area contributed by atoms with E-state index >= 15 is 0 Å². The topological polar surface area (TPSA) is 60.4 Å². The third-order valence-corrected chi connectivity index (χ3v) is 7.93. The predicted octanol–water partition coefficient (Wildman–Crippen LogP) is 3.63. The third-order valence-electron chi connectivity index (χ3n) is 7.93. The van der Waals surface area contributed by atoms with Crippen LogP contribution in [0, 0.1) is 28.6 Å². The van der Waals surface area contributed by atoms with Gasteiger partial charge in [0.25, 0.3) is 0 Å². The number of hydrogen-bond acceptors (Lipinski definition) is 4. The Kier molecular flexibility index (Phi) is 3.75. The van der Waals surface area contributed by atoms with Crippen molar-refractivity contribution in [2.24, 2.45) is 28.6 Å². The quantitative estimate of drug-likeness (QED) is 0.538. The fourth-order valence-electron chi connectivity index (χ4n) is 6.61. The molecule has 4 aliphatic carbocycles. The summed E-state index contributed by atoms with van der Waals surface area (Å²) in [5.74, 6) is 1.32. The number of hydrogen-bond donors (Lipinski definition) is 0. The van der Waals surface area contributed by atoms with Crippen molar-refractivity contribution in [2.45, 2.75) is 71.8 Å². The summed E-state index contributed by atoms with van der Waals surface area (Å²) in [6, 6.07) is 0. The van der Waals surface area contributed by atoms with Gasteiger partial charge in [-0.25, -0.2) is 0 Å². The van der Waals surface area contributed by atoms with E-state index in [9.17, 15) is 14.4 Å². The zero-order valence-corrected chi connectivity index (χ0v) is 15.5. The van der Waals surface area contributed by atoms with Crippen LogP contribution in [0.2, 0.25) is 0 Å². The van der Waals surface area contributed by atoms with Crippen molar-refractivity contribution in [3.63, 3.8) is 0 Å². The Morgan fingerprint density at radius 3 is 2.68 bits per heavy atom. The lowest BCUT2D eigenvalue weighted by Gasteiger charge is -2.56. The van der Waals surface area contributed by atoms with Gasteiger partial charge in [0.15, 0.2) is 0 Å². The van der Waals surface area contributed by atoms with Crippen LogP contribution in [0.15, 0.2) is 11.6 Å². The van der Waals surface area contributed by atoms with E-state index in [-0.39, 0.29) is 34.6 Å². The van der Waals surface area contributed by atoms with Crippen LogP contribution in [0.5, 0.6) is 0 Å². The van der Waals surface area contributed by atoms with E-state index < -0.39 is 0 Å². The summed E-state index contributed by atoms with van der Waals surface area (Å²) in [6.45, 7) is 5.85. The van der Waals surface area contributed by atoms with Crippen LogP contribution >= 0.6 is 0 Å². The molecule has 0 radical (unpaired) electrons. The molecule has 25 heavy (non-hydrogen) atoms. The summed E-state index contributed by atoms with van der Waals surface area (Å²) >= 11 is 0. The van der Waals surface area contributed by atoms with Gasteiger partial charge in [-0.2, -0.15) is 0 Å². The van der Waals surface area contributed by atoms with Gasteiger partial charge < -0.3 is 4.74 Å². The molecule has 0 aromatic heterocycles. The minimum Gasteiger partial charge on any atom is -0.462 e. The molecule has 0 heterocycles. The van der Waals surface area contributed by atoms with Crippen LogP contribution in [0.1, 0.15) is 65.7 Å². The van der Waals surface area contributed by atoms with Gasteiger partial charge in [-0.15, -0.1) is 0 Å². The summed E-state index contributed by atoms with van der Waals surface area (Å²) in [6.07, 6.45) is 7.41. The van der Waals surface area contributed by atoms with Crippen molar-refractivity contribution >= 4 is 17.5 Å². The van der Waals surface area contributed by atoms with Crippen molar-refractivity contribution in [1.29, 1.82) is 0 Å². The first kappa shape index (κ1) is 17.0. The van der Waals surface area contributed by atoms with Gasteiger partial charge in [0, 0.05) is 37.5 Å². The number of ketones is 2. The fraction of sp³-hybridized carbons (Fsp3) is 0.762. The van der Waals surface area contributed by atoms with Gasteiger partial charge in [-0.3, -0.25) is 14.4 Å². The molecule has 6 atom stereocenters. The van der Waals surface area contributed by atoms with Gasteiger partial charge >= 0.3 is 5.97 Å². The van der Waals surface area contributed by atoms with Gasteiger partial charge in [0.05, 0.1) is 0 Å². The normalized spacial score (nSPS) is 46.0. The lowest BCUT2D eigenvalue weighted by atomic mass is 9.48. The average molecular weight is 344 g/mol. The Bertz CT molecular complexity index is 677. The molecular formula is C21H28O4. The molecule has 0 unspecified atom stereocenters. The zero-order chi connectivity index (χ0) is 18.0. The van der Waals surface area contributed by atoms with Crippen molar-refractivity contribution in [2.75, 3.05) is 0 Å². The number of ether oxygens (including phenoxy) is 1. The molecule has 4 rings (SSSR count). The molecule has 3 saturated carbocycles. The monoisotopic (exact) mass is 344 g/mol. The third kappa shape index (κ3) is 2.36. The van der Waals surface area contributed by atoms with Crippen LogP contribution in [0.25, 0.3) is 0 Å². The first-order chi connectivity index (χ1) is 11.8. The highest BCUT2D eigenvalue weighted by atomic mass is 16.5. The smallest absolute Gasteiger partial charge is 0.302 e. The molecule has 136 valence electrons. The maximum Gasteiger partial charge on any atom is 0.302 e. The zero-order valence-electron chi connectivity index (χ0n) is 15.5. The first-order valence-electron chi connectivity index (χ1n) is 9.67. The number of allylic oxidation sites excluding steroid dienone is 2. The Morgan fingerprint density at radius 1 is 1.20 bits per heavy atom. The van der Waals surface area contributed by atoms with Gasteiger partial charge in [0.2, 0.25) is 0 Å². The minimum atomic E-state index is -0.354. The van der Waals surface area contributed by atoms with Crippen molar-refractivity contribution in [3.05, 3.63) is 11.6 Å². The molecule has 0 bridgehead atoms. The highest BCUT2D eigenvalue weighted by molar-refractivity contribution is 5.88. The van der Waals surface area contributed by atoms with Gasteiger partial charge in [-0.05, 0) is 42.9 Å².